The van der Waals surface area contributed by atoms with Crippen LogP contribution >= 0.6 is 0 Å². The van der Waals surface area contributed by atoms with E-state index in [1.54, 1.807) is 0 Å². The Morgan fingerprint density at radius 1 is 1.40 bits per heavy atom. The molecule has 2 aliphatic carbocycles. The Labute approximate surface area is 90.0 Å². The summed E-state index contributed by atoms with van der Waals surface area (Å²) in [6.45, 7) is 1.10. The van der Waals surface area contributed by atoms with E-state index in [0.29, 0.717) is 5.54 Å². The van der Waals surface area contributed by atoms with Crippen LogP contribution in [0, 0.1) is 11.8 Å². The number of rotatable bonds is 0. The lowest BCUT2D eigenvalue weighted by Crippen LogP contribution is -2.60. The zero-order valence-corrected chi connectivity index (χ0v) is 8.96. The zero-order valence-electron chi connectivity index (χ0n) is 8.96. The van der Waals surface area contributed by atoms with Gasteiger partial charge < -0.3 is 9.73 Å². The molecule has 1 aromatic heterocycles. The lowest BCUT2D eigenvalue weighted by molar-refractivity contribution is 0.0174. The largest absolute Gasteiger partial charge is 0.469 e. The quantitative estimate of drug-likeness (QED) is 0.700. The molecule has 2 fully saturated rings. The average molecular weight is 203 g/mol. The van der Waals surface area contributed by atoms with Crippen LogP contribution in [0.5, 0.6) is 0 Å². The van der Waals surface area contributed by atoms with Gasteiger partial charge in [0.1, 0.15) is 5.76 Å². The van der Waals surface area contributed by atoms with Gasteiger partial charge in [-0.25, -0.2) is 0 Å². The van der Waals surface area contributed by atoms with Crippen molar-refractivity contribution in [3.8, 4) is 0 Å². The van der Waals surface area contributed by atoms with Crippen molar-refractivity contribution >= 4 is 0 Å². The highest BCUT2D eigenvalue weighted by Gasteiger charge is 2.57. The van der Waals surface area contributed by atoms with Crippen LogP contribution in [0.4, 0.5) is 0 Å². The summed E-state index contributed by atoms with van der Waals surface area (Å²) in [4.78, 5) is 0. The third-order valence-electron chi connectivity index (χ3n) is 4.89. The second-order valence-corrected chi connectivity index (χ2v) is 5.41. The van der Waals surface area contributed by atoms with Crippen LogP contribution in [-0.2, 0) is 12.0 Å². The van der Waals surface area contributed by atoms with Gasteiger partial charge in [0.25, 0.3) is 0 Å². The molecule has 0 aromatic carbocycles. The van der Waals surface area contributed by atoms with Gasteiger partial charge in [-0.3, -0.25) is 0 Å². The molecule has 15 heavy (non-hydrogen) atoms. The van der Waals surface area contributed by atoms with Crippen molar-refractivity contribution in [3.05, 3.63) is 23.7 Å². The summed E-state index contributed by atoms with van der Waals surface area (Å²) in [5.74, 6) is 3.14. The smallest absolute Gasteiger partial charge is 0.110 e. The van der Waals surface area contributed by atoms with Gasteiger partial charge in [0, 0.05) is 18.5 Å². The van der Waals surface area contributed by atoms with E-state index >= 15 is 0 Å². The molecule has 1 N–H and O–H groups in total. The van der Waals surface area contributed by atoms with Crippen LogP contribution in [0.2, 0.25) is 0 Å². The highest BCUT2D eigenvalue weighted by Crippen LogP contribution is 2.59. The Balaban J connectivity index is 1.80. The van der Waals surface area contributed by atoms with Crippen molar-refractivity contribution in [3.63, 3.8) is 0 Å². The fourth-order valence-corrected chi connectivity index (χ4v) is 4.27. The molecule has 4 rings (SSSR count). The molecule has 1 aliphatic heterocycles. The minimum absolute atomic E-state index is 0.321. The van der Waals surface area contributed by atoms with Crippen LogP contribution in [0.15, 0.2) is 16.7 Å². The molecule has 2 nitrogen and oxygen atoms in total. The molecule has 0 saturated heterocycles. The molecule has 1 aromatic rings. The summed E-state index contributed by atoms with van der Waals surface area (Å²) >= 11 is 0. The SMILES string of the molecule is c1cc2c(o1)CCNC21C[C@@H]2CCC[C@@H]21. The second kappa shape index (κ2) is 2.67. The number of furan rings is 1. The summed E-state index contributed by atoms with van der Waals surface area (Å²) < 4.78 is 5.60. The highest BCUT2D eigenvalue weighted by atomic mass is 16.3. The predicted molar refractivity (Wildman–Crippen MR) is 57.5 cm³/mol. The van der Waals surface area contributed by atoms with Crippen molar-refractivity contribution in [2.45, 2.75) is 37.6 Å². The van der Waals surface area contributed by atoms with Crippen LogP contribution in [-0.4, -0.2) is 6.54 Å². The Hall–Kier alpha value is -0.760. The van der Waals surface area contributed by atoms with E-state index in [1.165, 1.54) is 37.0 Å². The van der Waals surface area contributed by atoms with Gasteiger partial charge in [-0.1, -0.05) is 12.8 Å². The van der Waals surface area contributed by atoms with Gasteiger partial charge in [-0.2, -0.15) is 0 Å². The van der Waals surface area contributed by atoms with Crippen LogP contribution < -0.4 is 5.32 Å². The summed E-state index contributed by atoms with van der Waals surface area (Å²) in [7, 11) is 0. The fraction of sp³-hybridized carbons (Fsp3) is 0.692. The van der Waals surface area contributed by atoms with Crippen molar-refractivity contribution in [1.82, 2.24) is 5.32 Å². The third-order valence-corrected chi connectivity index (χ3v) is 4.89. The first-order valence-corrected chi connectivity index (χ1v) is 6.22. The van der Waals surface area contributed by atoms with E-state index in [9.17, 15) is 0 Å². The van der Waals surface area contributed by atoms with Gasteiger partial charge in [-0.15, -0.1) is 0 Å². The molecule has 0 amide bonds. The molecule has 0 bridgehead atoms. The number of hydrogen-bond acceptors (Lipinski definition) is 2. The maximum absolute atomic E-state index is 5.60. The van der Waals surface area contributed by atoms with Crippen molar-refractivity contribution in [2.24, 2.45) is 11.8 Å². The van der Waals surface area contributed by atoms with Gasteiger partial charge in [0.15, 0.2) is 0 Å². The summed E-state index contributed by atoms with van der Waals surface area (Å²) in [5, 5.41) is 3.79. The van der Waals surface area contributed by atoms with Crippen molar-refractivity contribution in [2.75, 3.05) is 6.54 Å². The highest BCUT2D eigenvalue weighted by molar-refractivity contribution is 5.35. The van der Waals surface area contributed by atoms with Crippen LogP contribution in [0.25, 0.3) is 0 Å². The summed E-state index contributed by atoms with van der Waals surface area (Å²) in [6, 6.07) is 2.20. The first-order chi connectivity index (χ1) is 7.40. The molecule has 1 spiro atoms. The molecule has 80 valence electrons. The van der Waals surface area contributed by atoms with Crippen LogP contribution in [0.1, 0.15) is 37.0 Å². The minimum Gasteiger partial charge on any atom is -0.469 e. The zero-order chi connectivity index (χ0) is 9.88. The molecule has 2 heterocycles. The molecule has 2 saturated carbocycles. The van der Waals surface area contributed by atoms with E-state index < -0.39 is 0 Å². The predicted octanol–water partition coefficient (Wildman–Crippen LogP) is 2.44. The number of hydrogen-bond donors (Lipinski definition) is 1. The molecule has 3 atom stereocenters. The topological polar surface area (TPSA) is 25.2 Å². The molecule has 1 unspecified atom stereocenters. The van der Waals surface area contributed by atoms with E-state index in [4.69, 9.17) is 4.42 Å². The fourth-order valence-electron chi connectivity index (χ4n) is 4.27. The third kappa shape index (κ3) is 0.895. The van der Waals surface area contributed by atoms with E-state index in [1.807, 2.05) is 6.26 Å². The first-order valence-electron chi connectivity index (χ1n) is 6.22. The van der Waals surface area contributed by atoms with E-state index in [2.05, 4.69) is 11.4 Å². The van der Waals surface area contributed by atoms with Gasteiger partial charge in [0.2, 0.25) is 0 Å². The Bertz CT molecular complexity index is 397. The average Bonchev–Trinajstić information content (AvgIpc) is 2.82. The van der Waals surface area contributed by atoms with Crippen molar-refractivity contribution < 1.29 is 4.42 Å². The van der Waals surface area contributed by atoms with Crippen molar-refractivity contribution in [1.29, 1.82) is 0 Å². The maximum Gasteiger partial charge on any atom is 0.110 e. The second-order valence-electron chi connectivity index (χ2n) is 5.41. The first kappa shape index (κ1) is 8.40. The number of nitrogens with one attached hydrogen (secondary N) is 1. The molecule has 3 aliphatic rings. The minimum atomic E-state index is 0.321. The standard InChI is InChI=1S/C13H17NO/c1-2-9-8-13(10(9)3-1)11-5-7-15-12(11)4-6-14-13/h5,7,9-10,14H,1-4,6,8H2/t9-,10-,13?/m0/s1. The lowest BCUT2D eigenvalue weighted by atomic mass is 9.57. The van der Waals surface area contributed by atoms with Crippen LogP contribution in [0.3, 0.4) is 0 Å². The maximum atomic E-state index is 5.60. The Kier molecular flexibility index (Phi) is 1.50. The normalized spacial score (nSPS) is 42.4. The van der Waals surface area contributed by atoms with Gasteiger partial charge >= 0.3 is 0 Å². The molecular weight excluding hydrogens is 186 g/mol. The Morgan fingerprint density at radius 3 is 3.33 bits per heavy atom. The Morgan fingerprint density at radius 2 is 2.40 bits per heavy atom. The molecule has 2 heteroatoms. The molecule has 0 radical (unpaired) electrons. The monoisotopic (exact) mass is 203 g/mol. The summed E-state index contributed by atoms with van der Waals surface area (Å²) in [5.41, 5.74) is 1.80. The van der Waals surface area contributed by atoms with E-state index in [0.717, 1.165) is 24.8 Å². The summed E-state index contributed by atoms with van der Waals surface area (Å²) in [6.07, 6.45) is 8.61. The van der Waals surface area contributed by atoms with E-state index in [-0.39, 0.29) is 0 Å². The van der Waals surface area contributed by atoms with Gasteiger partial charge in [0.05, 0.1) is 11.8 Å². The van der Waals surface area contributed by atoms with Gasteiger partial charge in [-0.05, 0) is 30.7 Å². The number of fused-ring (bicyclic) bond motifs is 4. The lowest BCUT2D eigenvalue weighted by Gasteiger charge is -2.55. The molecular formula is C13H17NO.